The molecular weight excluding hydrogens is 368 g/mol. The lowest BCUT2D eigenvalue weighted by Crippen LogP contribution is -2.20. The number of hydrazone groups is 1. The molecule has 7 nitrogen and oxygen atoms in total. The quantitative estimate of drug-likeness (QED) is 0.371. The summed E-state index contributed by atoms with van der Waals surface area (Å²) >= 11 is 0. The van der Waals surface area contributed by atoms with E-state index < -0.39 is 5.91 Å². The molecule has 0 aliphatic carbocycles. The zero-order valence-electron chi connectivity index (χ0n) is 15.6. The highest BCUT2D eigenvalue weighted by molar-refractivity contribution is 6.01. The van der Waals surface area contributed by atoms with Gasteiger partial charge in [0, 0.05) is 5.69 Å². The summed E-state index contributed by atoms with van der Waals surface area (Å²) in [7, 11) is 0. The predicted molar refractivity (Wildman–Crippen MR) is 112 cm³/mol. The molecule has 3 N–H and O–H groups in total. The third kappa shape index (κ3) is 3.53. The zero-order valence-corrected chi connectivity index (χ0v) is 15.6. The van der Waals surface area contributed by atoms with E-state index in [1.165, 1.54) is 17.0 Å². The van der Waals surface area contributed by atoms with Gasteiger partial charge in [0.25, 0.3) is 11.5 Å². The number of aromatic amines is 1. The summed E-state index contributed by atoms with van der Waals surface area (Å²) in [6.45, 7) is 1.75. The number of amides is 1. The summed E-state index contributed by atoms with van der Waals surface area (Å²) in [4.78, 5) is 25.0. The number of phenolic OH excluding ortho intramolecular Hbond substituents is 1. The van der Waals surface area contributed by atoms with Crippen LogP contribution in [-0.2, 0) is 0 Å². The van der Waals surface area contributed by atoms with Crippen LogP contribution in [-0.4, -0.2) is 27.0 Å². The average Bonchev–Trinajstić information content (AvgIpc) is 3.02. The van der Waals surface area contributed by atoms with Gasteiger partial charge in [-0.3, -0.25) is 14.7 Å². The Labute approximate surface area is 165 Å². The number of nitrogens with zero attached hydrogens (tertiary/aromatic N) is 2. The number of nitrogens with one attached hydrogen (secondary N) is 2. The van der Waals surface area contributed by atoms with E-state index in [0.717, 1.165) is 10.8 Å². The molecule has 0 radical (unpaired) electrons. The Morgan fingerprint density at radius 3 is 2.45 bits per heavy atom. The maximum Gasteiger partial charge on any atom is 0.280 e. The van der Waals surface area contributed by atoms with Crippen molar-refractivity contribution in [1.29, 1.82) is 0 Å². The van der Waals surface area contributed by atoms with Crippen molar-refractivity contribution in [2.24, 2.45) is 5.10 Å². The van der Waals surface area contributed by atoms with E-state index in [-0.39, 0.29) is 16.9 Å². The minimum atomic E-state index is -0.568. The minimum absolute atomic E-state index is 0.105. The normalized spacial score (nSPS) is 11.2. The molecule has 0 saturated carbocycles. The van der Waals surface area contributed by atoms with Gasteiger partial charge in [-0.05, 0) is 42.0 Å². The van der Waals surface area contributed by atoms with Crippen molar-refractivity contribution in [3.05, 3.63) is 93.9 Å². The average molecular weight is 386 g/mol. The lowest BCUT2D eigenvalue weighted by atomic mass is 10.1. The van der Waals surface area contributed by atoms with E-state index >= 15 is 0 Å². The number of benzene rings is 3. The number of fused-ring (bicyclic) bond motifs is 1. The Kier molecular flexibility index (Phi) is 4.70. The van der Waals surface area contributed by atoms with Crippen LogP contribution in [0, 0.1) is 6.92 Å². The smallest absolute Gasteiger partial charge is 0.280 e. The highest BCUT2D eigenvalue weighted by atomic mass is 16.3. The van der Waals surface area contributed by atoms with E-state index in [0.29, 0.717) is 16.9 Å². The van der Waals surface area contributed by atoms with Gasteiger partial charge in [-0.15, -0.1) is 0 Å². The topological polar surface area (TPSA) is 99.5 Å². The molecule has 1 aromatic heterocycles. The molecule has 0 fully saturated rings. The summed E-state index contributed by atoms with van der Waals surface area (Å²) in [6, 6.07) is 19.7. The minimum Gasteiger partial charge on any atom is -0.507 e. The number of hydrogen-bond acceptors (Lipinski definition) is 4. The molecule has 0 aliphatic rings. The highest BCUT2D eigenvalue weighted by Crippen LogP contribution is 2.24. The number of phenols is 1. The van der Waals surface area contributed by atoms with Crippen molar-refractivity contribution in [1.82, 2.24) is 15.2 Å². The SMILES string of the molecule is Cc1[nH]n(-c2ccccc2)c(=O)c1/C=N\NC(=O)c1cc2ccccc2cc1O. The number of aryl methyl sites for hydroxylation is 1. The molecule has 1 heterocycles. The second-order valence-corrected chi connectivity index (χ2v) is 6.54. The van der Waals surface area contributed by atoms with Crippen molar-refractivity contribution in [3.63, 3.8) is 0 Å². The molecule has 0 atom stereocenters. The fraction of sp³-hybridized carbons (Fsp3) is 0.0455. The van der Waals surface area contributed by atoms with Gasteiger partial charge in [-0.1, -0.05) is 42.5 Å². The van der Waals surface area contributed by atoms with E-state index in [1.54, 1.807) is 13.0 Å². The molecule has 3 aromatic carbocycles. The van der Waals surface area contributed by atoms with Crippen LogP contribution in [0.1, 0.15) is 21.6 Å². The molecule has 4 aromatic rings. The van der Waals surface area contributed by atoms with Gasteiger partial charge in [0.2, 0.25) is 0 Å². The molecule has 0 spiro atoms. The van der Waals surface area contributed by atoms with Gasteiger partial charge in [0.1, 0.15) is 5.75 Å². The first-order valence-electron chi connectivity index (χ1n) is 8.97. The van der Waals surface area contributed by atoms with Gasteiger partial charge in [0.05, 0.1) is 23.0 Å². The maximum atomic E-state index is 12.6. The summed E-state index contributed by atoms with van der Waals surface area (Å²) in [6.07, 6.45) is 1.30. The van der Waals surface area contributed by atoms with Gasteiger partial charge >= 0.3 is 0 Å². The number of hydrogen-bond donors (Lipinski definition) is 3. The largest absolute Gasteiger partial charge is 0.507 e. The molecule has 0 saturated heterocycles. The molecule has 144 valence electrons. The zero-order chi connectivity index (χ0) is 20.4. The molecule has 0 bridgehead atoms. The fourth-order valence-corrected chi connectivity index (χ4v) is 3.10. The standard InChI is InChI=1S/C22H18N4O3/c1-14-19(22(29)26(25-14)17-9-3-2-4-10-17)13-23-24-21(28)18-11-15-7-5-6-8-16(15)12-20(18)27/h2-13,25,27H,1H3,(H,24,28)/b23-13-. The van der Waals surface area contributed by atoms with E-state index in [1.807, 2.05) is 54.6 Å². The predicted octanol–water partition coefficient (Wildman–Crippen LogP) is 3.10. The Hall–Kier alpha value is -4.13. The molecule has 29 heavy (non-hydrogen) atoms. The second-order valence-electron chi connectivity index (χ2n) is 6.54. The Morgan fingerprint density at radius 2 is 1.72 bits per heavy atom. The molecule has 0 unspecified atom stereocenters. The lowest BCUT2D eigenvalue weighted by molar-refractivity contribution is 0.0952. The lowest BCUT2D eigenvalue weighted by Gasteiger charge is -2.05. The van der Waals surface area contributed by atoms with E-state index in [9.17, 15) is 14.7 Å². The van der Waals surface area contributed by atoms with Crippen molar-refractivity contribution in [3.8, 4) is 11.4 Å². The summed E-state index contributed by atoms with van der Waals surface area (Å²) in [5, 5.41) is 18.7. The number of aromatic nitrogens is 2. The van der Waals surface area contributed by atoms with E-state index in [2.05, 4.69) is 15.6 Å². The first-order chi connectivity index (χ1) is 14.0. The van der Waals surface area contributed by atoms with Crippen LogP contribution in [0.4, 0.5) is 0 Å². The Balaban J connectivity index is 1.57. The van der Waals surface area contributed by atoms with Crippen molar-refractivity contribution < 1.29 is 9.90 Å². The second kappa shape index (κ2) is 7.47. The van der Waals surface area contributed by atoms with Crippen LogP contribution in [0.15, 0.2) is 76.6 Å². The van der Waals surface area contributed by atoms with Crippen LogP contribution in [0.3, 0.4) is 0 Å². The van der Waals surface area contributed by atoms with Crippen LogP contribution >= 0.6 is 0 Å². The van der Waals surface area contributed by atoms with Crippen molar-refractivity contribution >= 4 is 22.9 Å². The van der Waals surface area contributed by atoms with Crippen LogP contribution < -0.4 is 11.0 Å². The first kappa shape index (κ1) is 18.2. The fourth-order valence-electron chi connectivity index (χ4n) is 3.10. The number of rotatable bonds is 4. The van der Waals surface area contributed by atoms with Crippen molar-refractivity contribution in [2.75, 3.05) is 0 Å². The molecule has 0 aliphatic heterocycles. The summed E-state index contributed by atoms with van der Waals surface area (Å²) < 4.78 is 1.41. The monoisotopic (exact) mass is 386 g/mol. The number of carbonyl (C=O) groups is 1. The molecular formula is C22H18N4O3. The third-order valence-corrected chi connectivity index (χ3v) is 4.60. The summed E-state index contributed by atoms with van der Waals surface area (Å²) in [5.74, 6) is -0.707. The van der Waals surface area contributed by atoms with Crippen LogP contribution in [0.2, 0.25) is 0 Å². The molecule has 4 rings (SSSR count). The number of aromatic hydroxyl groups is 1. The van der Waals surface area contributed by atoms with Gasteiger partial charge < -0.3 is 5.11 Å². The van der Waals surface area contributed by atoms with Crippen molar-refractivity contribution in [2.45, 2.75) is 6.92 Å². The third-order valence-electron chi connectivity index (χ3n) is 4.60. The van der Waals surface area contributed by atoms with Crippen LogP contribution in [0.5, 0.6) is 5.75 Å². The van der Waals surface area contributed by atoms with E-state index in [4.69, 9.17) is 0 Å². The highest BCUT2D eigenvalue weighted by Gasteiger charge is 2.13. The first-order valence-corrected chi connectivity index (χ1v) is 8.97. The Bertz CT molecular complexity index is 1290. The maximum absolute atomic E-state index is 12.6. The van der Waals surface area contributed by atoms with Gasteiger partial charge in [0.15, 0.2) is 0 Å². The number of H-pyrrole nitrogens is 1. The van der Waals surface area contributed by atoms with Crippen LogP contribution in [0.25, 0.3) is 16.5 Å². The van der Waals surface area contributed by atoms with Gasteiger partial charge in [-0.25, -0.2) is 10.1 Å². The summed E-state index contributed by atoms with van der Waals surface area (Å²) in [5.41, 5.74) is 3.84. The van der Waals surface area contributed by atoms with Gasteiger partial charge in [-0.2, -0.15) is 5.10 Å². The number of carbonyl (C=O) groups excluding carboxylic acids is 1. The molecule has 1 amide bonds. The Morgan fingerprint density at radius 1 is 1.07 bits per heavy atom. The molecule has 7 heteroatoms. The number of para-hydroxylation sites is 1.